The lowest BCUT2D eigenvalue weighted by atomic mass is 10.3. The van der Waals surface area contributed by atoms with Crippen LogP contribution in [0.2, 0.25) is 0 Å². The summed E-state index contributed by atoms with van der Waals surface area (Å²) < 4.78 is 0. The minimum atomic E-state index is -0.523. The largest absolute Gasteiger partial charge is 0.516 e. The number of aliphatic hydroxyl groups excluding tert-OH is 1. The van der Waals surface area contributed by atoms with Crippen LogP contribution in [0.3, 0.4) is 0 Å². The second-order valence-corrected chi connectivity index (χ2v) is 1.40. The van der Waals surface area contributed by atoms with Gasteiger partial charge in [-0.15, -0.1) is 0 Å². The van der Waals surface area contributed by atoms with E-state index in [1.54, 1.807) is 6.92 Å². The van der Waals surface area contributed by atoms with Crippen LogP contribution in [0.25, 0.3) is 0 Å². The van der Waals surface area contributed by atoms with Crippen LogP contribution < -0.4 is 11.5 Å². The van der Waals surface area contributed by atoms with Crippen molar-refractivity contribution < 1.29 is 5.11 Å². The van der Waals surface area contributed by atoms with E-state index in [2.05, 4.69) is 0 Å². The molecule has 0 amide bonds. The molecule has 3 heteroatoms. The summed E-state index contributed by atoms with van der Waals surface area (Å²) in [6.07, 6.45) is 0.384. The van der Waals surface area contributed by atoms with Gasteiger partial charge in [-0.1, -0.05) is 0 Å². The first-order valence-corrected chi connectivity index (χ1v) is 2.00. The van der Waals surface area contributed by atoms with Gasteiger partial charge < -0.3 is 16.6 Å². The van der Waals surface area contributed by atoms with Crippen LogP contribution >= 0.6 is 0 Å². The number of rotatable bonds is 1. The van der Waals surface area contributed by atoms with Gasteiger partial charge in [0.2, 0.25) is 0 Å². The summed E-state index contributed by atoms with van der Waals surface area (Å²) in [6, 6.07) is 0. The molecule has 3 nitrogen and oxygen atoms in total. The number of hydrogen-bond donors (Lipinski definition) is 3. The van der Waals surface area contributed by atoms with Crippen LogP contribution in [0.4, 0.5) is 0 Å². The quantitative estimate of drug-likeness (QED) is 0.314. The fraction of sp³-hybridized carbons (Fsp3) is 0.500. The molecule has 0 rings (SSSR count). The third kappa shape index (κ3) is 2.19. The van der Waals surface area contributed by atoms with E-state index in [1.807, 2.05) is 0 Å². The van der Waals surface area contributed by atoms with Crippen molar-refractivity contribution in [3.05, 3.63) is 11.8 Å². The molecule has 0 heterocycles. The number of aliphatic hydroxyl groups is 1. The average molecular weight is 102 g/mol. The van der Waals surface area contributed by atoms with Crippen LogP contribution in [-0.4, -0.2) is 11.3 Å². The first kappa shape index (κ1) is 6.46. The van der Waals surface area contributed by atoms with E-state index >= 15 is 0 Å². The van der Waals surface area contributed by atoms with Crippen molar-refractivity contribution in [2.75, 3.05) is 0 Å². The monoisotopic (exact) mass is 102 g/mol. The molecule has 0 saturated carbocycles. The SMILES string of the molecule is CC(=CO)C(N)N. The van der Waals surface area contributed by atoms with Gasteiger partial charge in [0, 0.05) is 0 Å². The molecule has 0 atom stereocenters. The van der Waals surface area contributed by atoms with Crippen LogP contribution in [-0.2, 0) is 0 Å². The van der Waals surface area contributed by atoms with Crippen molar-refractivity contribution in [2.45, 2.75) is 13.1 Å². The van der Waals surface area contributed by atoms with Crippen molar-refractivity contribution in [3.8, 4) is 0 Å². The molecule has 0 aliphatic heterocycles. The smallest absolute Gasteiger partial charge is 0.0809 e. The van der Waals surface area contributed by atoms with Gasteiger partial charge in [-0.2, -0.15) is 0 Å². The normalized spacial score (nSPS) is 12.9. The van der Waals surface area contributed by atoms with E-state index in [9.17, 15) is 0 Å². The van der Waals surface area contributed by atoms with Crippen molar-refractivity contribution >= 4 is 0 Å². The third-order valence-electron chi connectivity index (χ3n) is 0.729. The van der Waals surface area contributed by atoms with Crippen LogP contribution in [0.1, 0.15) is 6.92 Å². The van der Waals surface area contributed by atoms with Gasteiger partial charge in [0.1, 0.15) is 0 Å². The van der Waals surface area contributed by atoms with Crippen molar-refractivity contribution in [1.82, 2.24) is 0 Å². The lowest BCUT2D eigenvalue weighted by Crippen LogP contribution is -2.31. The van der Waals surface area contributed by atoms with Crippen LogP contribution in [0.15, 0.2) is 11.8 Å². The average Bonchev–Trinajstić information content (AvgIpc) is 1.65. The Balaban J connectivity index is 3.56. The topological polar surface area (TPSA) is 72.3 Å². The van der Waals surface area contributed by atoms with Crippen molar-refractivity contribution in [1.29, 1.82) is 0 Å². The van der Waals surface area contributed by atoms with E-state index in [0.29, 0.717) is 5.57 Å². The summed E-state index contributed by atoms with van der Waals surface area (Å²) in [7, 11) is 0. The second kappa shape index (κ2) is 2.60. The van der Waals surface area contributed by atoms with Crippen LogP contribution in [0, 0.1) is 0 Å². The zero-order valence-electron chi connectivity index (χ0n) is 4.26. The van der Waals surface area contributed by atoms with E-state index in [-0.39, 0.29) is 0 Å². The minimum absolute atomic E-state index is 0.523. The van der Waals surface area contributed by atoms with E-state index in [4.69, 9.17) is 16.6 Å². The molecule has 0 bridgehead atoms. The van der Waals surface area contributed by atoms with E-state index in [1.165, 1.54) is 0 Å². The standard InChI is InChI=1S/C4H10N2O/c1-3(2-7)4(5)6/h2,4,7H,5-6H2,1H3. The molecule has 0 aliphatic carbocycles. The molecule has 0 aromatic carbocycles. The molecule has 0 unspecified atom stereocenters. The molecule has 5 N–H and O–H groups in total. The minimum Gasteiger partial charge on any atom is -0.516 e. The number of nitrogens with two attached hydrogens (primary N) is 2. The molecule has 0 aliphatic rings. The maximum Gasteiger partial charge on any atom is 0.0809 e. The summed E-state index contributed by atoms with van der Waals surface area (Å²) in [5.74, 6) is 0. The summed E-state index contributed by atoms with van der Waals surface area (Å²) >= 11 is 0. The molecular weight excluding hydrogens is 92.1 g/mol. The van der Waals surface area contributed by atoms with Gasteiger partial charge in [-0.05, 0) is 12.5 Å². The van der Waals surface area contributed by atoms with E-state index in [0.717, 1.165) is 6.26 Å². The molecule has 0 spiro atoms. The Bertz CT molecular complexity index is 77.8. The highest BCUT2D eigenvalue weighted by Crippen LogP contribution is 1.87. The third-order valence-corrected chi connectivity index (χ3v) is 0.729. The Morgan fingerprint density at radius 1 is 1.71 bits per heavy atom. The Morgan fingerprint density at radius 2 is 2.14 bits per heavy atom. The van der Waals surface area contributed by atoms with Gasteiger partial charge in [-0.25, -0.2) is 0 Å². The molecule has 0 fully saturated rings. The number of hydrogen-bond acceptors (Lipinski definition) is 3. The molecule has 0 aromatic heterocycles. The second-order valence-electron chi connectivity index (χ2n) is 1.40. The first-order chi connectivity index (χ1) is 3.18. The highest BCUT2D eigenvalue weighted by atomic mass is 16.2. The molecular formula is C4H10N2O. The predicted octanol–water partition coefficient (Wildman–Crippen LogP) is -0.308. The molecule has 7 heavy (non-hydrogen) atoms. The fourth-order valence-electron chi connectivity index (χ4n) is 0.0861. The van der Waals surface area contributed by atoms with Crippen molar-refractivity contribution in [3.63, 3.8) is 0 Å². The highest BCUT2D eigenvalue weighted by molar-refractivity contribution is 4.98. The van der Waals surface area contributed by atoms with Gasteiger partial charge in [0.05, 0.1) is 12.4 Å². The van der Waals surface area contributed by atoms with E-state index < -0.39 is 6.17 Å². The maximum atomic E-state index is 8.18. The fourth-order valence-corrected chi connectivity index (χ4v) is 0.0861. The first-order valence-electron chi connectivity index (χ1n) is 2.00. The summed E-state index contributed by atoms with van der Waals surface area (Å²) in [6.45, 7) is 1.66. The zero-order chi connectivity index (χ0) is 5.86. The van der Waals surface area contributed by atoms with Gasteiger partial charge >= 0.3 is 0 Å². The summed E-state index contributed by atoms with van der Waals surface area (Å²) in [5, 5.41) is 8.18. The molecule has 0 radical (unpaired) electrons. The Morgan fingerprint density at radius 3 is 2.14 bits per heavy atom. The molecule has 0 saturated heterocycles. The highest BCUT2D eigenvalue weighted by Gasteiger charge is 1.92. The van der Waals surface area contributed by atoms with Gasteiger partial charge in [-0.3, -0.25) is 0 Å². The maximum absolute atomic E-state index is 8.18. The molecule has 0 aromatic rings. The summed E-state index contributed by atoms with van der Waals surface area (Å²) in [4.78, 5) is 0. The predicted molar refractivity (Wildman–Crippen MR) is 28.5 cm³/mol. The molecule has 42 valence electrons. The van der Waals surface area contributed by atoms with Gasteiger partial charge in [0.15, 0.2) is 0 Å². The lowest BCUT2D eigenvalue weighted by molar-refractivity contribution is 0.461. The Labute approximate surface area is 42.6 Å². The lowest BCUT2D eigenvalue weighted by Gasteiger charge is -2.00. The Kier molecular flexibility index (Phi) is 2.40. The van der Waals surface area contributed by atoms with Crippen molar-refractivity contribution in [2.24, 2.45) is 11.5 Å². The zero-order valence-corrected chi connectivity index (χ0v) is 4.26. The van der Waals surface area contributed by atoms with Crippen LogP contribution in [0.5, 0.6) is 0 Å². The Hall–Kier alpha value is -0.540. The summed E-state index contributed by atoms with van der Waals surface area (Å²) in [5.41, 5.74) is 10.8. The van der Waals surface area contributed by atoms with Gasteiger partial charge in [0.25, 0.3) is 0 Å².